The topological polar surface area (TPSA) is 270 Å². The molecule has 7 fully saturated rings. The Balaban J connectivity index is 1.27. The van der Waals surface area contributed by atoms with Gasteiger partial charge in [0.15, 0.2) is 0 Å². The maximum atomic E-state index is 15.4. The van der Waals surface area contributed by atoms with Crippen molar-refractivity contribution in [1.29, 1.82) is 0 Å². The van der Waals surface area contributed by atoms with Gasteiger partial charge in [0, 0.05) is 73.8 Å². The normalized spacial score (nSPS) is 32.5. The maximum absolute atomic E-state index is 15.4. The van der Waals surface area contributed by atoms with Crippen molar-refractivity contribution in [3.05, 3.63) is 0 Å². The number of hydrogen-bond donors (Lipinski definition) is 3. The Morgan fingerprint density at radius 3 is 1.78 bits per heavy atom. The molecule has 13 atom stereocenters. The third kappa shape index (κ3) is 18.9. The third-order valence-corrected chi connectivity index (χ3v) is 23.6. The molecular formula is C70H111ClF4N12O12. The van der Waals surface area contributed by atoms with Gasteiger partial charge in [-0.05, 0) is 160 Å². The van der Waals surface area contributed by atoms with E-state index in [9.17, 15) is 51.1 Å². The molecule has 0 aromatic heterocycles. The standard InChI is InChI=1S/C70H111ClF4N12O12/c1-13-42(4)57-66(97)79(7)40-56(89)86-35-20-22-52(86)63(94)82(10)53(38-46-23-27-47(72)28-24-46)64(95)81(9)44(6)59(90)76-50(30-26-45-25-29-48(49(71)37-45)70(73,74)75)62(93)87-36-19-21-51(87)61(92)78-69(31-15-16-32-69)68(99)84(12)58(41(2)3)67(98)83(11)54(65(96)85-33-17-14-18-34-85)39-55(88)80(8)43(5)60(91)77-57/h41-54,57-58H,13-40H2,1-12H3,(H,76,90)(H,77,91)(H,78,92)/t42-,43-,44+,45?,46?,47?,48?,49?,50-,51-,52-,53-,54-,57-,58-/m0/s1. The first-order valence-corrected chi connectivity index (χ1v) is 36.7. The van der Waals surface area contributed by atoms with Gasteiger partial charge in [-0.1, -0.05) is 47.0 Å². The number of halogens is 5. The minimum absolute atomic E-state index is 0.0230. The molecule has 0 radical (unpaired) electrons. The van der Waals surface area contributed by atoms with Crippen LogP contribution in [0.3, 0.4) is 0 Å². The number of amides is 12. The number of piperidine rings is 1. The minimum Gasteiger partial charge on any atom is -0.343 e. The van der Waals surface area contributed by atoms with Gasteiger partial charge in [0.2, 0.25) is 70.9 Å². The summed E-state index contributed by atoms with van der Waals surface area (Å²) in [6.07, 6.45) is 0.103. The molecule has 7 aliphatic rings. The summed E-state index contributed by atoms with van der Waals surface area (Å²) in [5.74, 6) is -11.3. The van der Waals surface area contributed by atoms with Crippen LogP contribution in [0.2, 0.25) is 0 Å². The Bertz CT molecular complexity index is 2930. The molecule has 12 amide bonds. The third-order valence-electron chi connectivity index (χ3n) is 23.1. The van der Waals surface area contributed by atoms with Gasteiger partial charge in [0.25, 0.3) is 0 Å². The summed E-state index contributed by atoms with van der Waals surface area (Å²) in [5.41, 5.74) is -1.58. The summed E-state index contributed by atoms with van der Waals surface area (Å²) in [7, 11) is 8.41. The molecule has 29 heteroatoms. The van der Waals surface area contributed by atoms with E-state index < -0.39 is 179 Å². The van der Waals surface area contributed by atoms with Crippen LogP contribution in [-0.2, 0) is 57.5 Å². The fourth-order valence-corrected chi connectivity index (χ4v) is 16.6. The van der Waals surface area contributed by atoms with Crippen molar-refractivity contribution in [3.8, 4) is 0 Å². The molecule has 1 spiro atoms. The van der Waals surface area contributed by atoms with E-state index in [0.717, 1.165) is 21.1 Å². The van der Waals surface area contributed by atoms with Crippen molar-refractivity contribution in [2.24, 2.45) is 29.6 Å². The van der Waals surface area contributed by atoms with Crippen molar-refractivity contribution in [2.45, 2.75) is 267 Å². The smallest absolute Gasteiger partial charge is 0.343 e. The highest BCUT2D eigenvalue weighted by atomic mass is 35.5. The molecule has 99 heavy (non-hydrogen) atoms. The van der Waals surface area contributed by atoms with Gasteiger partial charge in [-0.15, -0.1) is 11.6 Å². The number of alkyl halides is 5. The summed E-state index contributed by atoms with van der Waals surface area (Å²) < 4.78 is 56.7. The average Bonchev–Trinajstić information content (AvgIpc) is 1.75. The SMILES string of the molecule is CC[C@H](C)[C@@H]1NC(=O)[C@H](C)N(C)C(=O)C[C@@H](C(=O)N2CCCCC2)N(C)C(=O)[C@H](C(C)C)N(C)C(=O)C2(CCCC2)NC(=O)[C@@H]2CCCN2C(=O)[C@H](CCC2CCC(C(F)(F)F)C(Cl)C2)NC(=O)[C@@H](C)N(C)C(=O)[C@H](CC2CCC(F)CC2)N(C)C(=O)[C@@H]2CCCN2C(=O)CN(C)C1=O. The summed E-state index contributed by atoms with van der Waals surface area (Å²) >= 11 is 6.41. The zero-order valence-electron chi connectivity index (χ0n) is 60.4. The molecule has 7 rings (SSSR count). The monoisotopic (exact) mass is 1420 g/mol. The van der Waals surface area contributed by atoms with Crippen molar-refractivity contribution >= 4 is 82.5 Å². The number of nitrogens with one attached hydrogen (secondary N) is 3. The maximum Gasteiger partial charge on any atom is 0.393 e. The zero-order chi connectivity index (χ0) is 73.3. The van der Waals surface area contributed by atoms with E-state index in [2.05, 4.69) is 16.0 Å². The number of carbonyl (C=O) groups is 12. The molecule has 0 aromatic rings. The van der Waals surface area contributed by atoms with Gasteiger partial charge in [-0.3, -0.25) is 57.5 Å². The van der Waals surface area contributed by atoms with Crippen molar-refractivity contribution in [3.63, 3.8) is 0 Å². The van der Waals surface area contributed by atoms with E-state index in [4.69, 9.17) is 11.6 Å². The Hall–Kier alpha value is -6.35. The lowest BCUT2D eigenvalue weighted by Crippen LogP contribution is -2.65. The van der Waals surface area contributed by atoms with Gasteiger partial charge in [0.05, 0.1) is 18.9 Å². The number of likely N-dealkylation sites (N-methyl/N-ethyl adjacent to an activating group) is 6. The molecule has 0 bridgehead atoms. The van der Waals surface area contributed by atoms with Gasteiger partial charge < -0.3 is 60.0 Å². The lowest BCUT2D eigenvalue weighted by Gasteiger charge is -2.42. The second kappa shape index (κ2) is 34.5. The number of carbonyl (C=O) groups excluding carboxylic acids is 12. The van der Waals surface area contributed by atoms with Crippen LogP contribution in [0.4, 0.5) is 17.6 Å². The number of rotatable bonds is 9. The average molecular weight is 1420 g/mol. The van der Waals surface area contributed by atoms with Crippen LogP contribution < -0.4 is 16.0 Å². The van der Waals surface area contributed by atoms with E-state index in [1.807, 2.05) is 6.92 Å². The fraction of sp³-hybridized carbons (Fsp3) is 0.829. The van der Waals surface area contributed by atoms with E-state index in [0.29, 0.717) is 70.9 Å². The molecular weight excluding hydrogens is 1310 g/mol. The van der Waals surface area contributed by atoms with Gasteiger partial charge in [0.1, 0.15) is 66.1 Å². The van der Waals surface area contributed by atoms with Crippen LogP contribution in [0, 0.1) is 29.6 Å². The zero-order valence-corrected chi connectivity index (χ0v) is 61.1. The highest BCUT2D eigenvalue weighted by Gasteiger charge is 2.52. The quantitative estimate of drug-likeness (QED) is 0.193. The summed E-state index contributed by atoms with van der Waals surface area (Å²) in [6, 6.07) is -11.4. The largest absolute Gasteiger partial charge is 0.393 e. The summed E-state index contributed by atoms with van der Waals surface area (Å²) in [4.78, 5) is 190. The van der Waals surface area contributed by atoms with E-state index >= 15 is 24.0 Å². The Morgan fingerprint density at radius 1 is 0.596 bits per heavy atom. The van der Waals surface area contributed by atoms with Crippen LogP contribution in [0.1, 0.15) is 189 Å². The van der Waals surface area contributed by atoms with Crippen LogP contribution in [0.25, 0.3) is 0 Å². The number of nitrogens with zero attached hydrogens (tertiary/aromatic N) is 9. The first kappa shape index (κ1) is 80.0. The second-order valence-electron chi connectivity index (χ2n) is 30.0. The van der Waals surface area contributed by atoms with Gasteiger partial charge >= 0.3 is 6.18 Å². The van der Waals surface area contributed by atoms with Crippen LogP contribution in [0.5, 0.6) is 0 Å². The molecule has 4 heterocycles. The van der Waals surface area contributed by atoms with Gasteiger partial charge in [-0.2, -0.15) is 13.2 Å². The number of likely N-dealkylation sites (tertiary alicyclic amines) is 1. The predicted molar refractivity (Wildman–Crippen MR) is 361 cm³/mol. The fourth-order valence-electron chi connectivity index (χ4n) is 16.1. The Morgan fingerprint density at radius 2 is 1.18 bits per heavy atom. The van der Waals surface area contributed by atoms with Gasteiger partial charge in [-0.25, -0.2) is 4.39 Å². The van der Waals surface area contributed by atoms with Crippen LogP contribution >= 0.6 is 11.6 Å². The highest BCUT2D eigenvalue weighted by Crippen LogP contribution is 2.44. The van der Waals surface area contributed by atoms with Crippen LogP contribution in [0.15, 0.2) is 0 Å². The molecule has 24 nitrogen and oxygen atoms in total. The molecule has 0 aromatic carbocycles. The van der Waals surface area contributed by atoms with E-state index in [1.165, 1.54) is 80.6 Å². The first-order valence-electron chi connectivity index (χ1n) is 36.3. The van der Waals surface area contributed by atoms with Crippen molar-refractivity contribution < 1.29 is 75.1 Å². The minimum atomic E-state index is -4.53. The number of hydrogen-bond acceptors (Lipinski definition) is 12. The molecule has 3 unspecified atom stereocenters. The van der Waals surface area contributed by atoms with E-state index in [1.54, 1.807) is 25.7 Å². The van der Waals surface area contributed by atoms with Crippen molar-refractivity contribution in [1.82, 2.24) is 60.0 Å². The molecule has 3 aliphatic carbocycles. The summed E-state index contributed by atoms with van der Waals surface area (Å²) in [5, 5.41) is 7.45. The predicted octanol–water partition coefficient (Wildman–Crippen LogP) is 5.40. The first-order chi connectivity index (χ1) is 46.5. The number of fused-ring (bicyclic) bond motifs is 2. The van der Waals surface area contributed by atoms with Crippen LogP contribution in [-0.4, -0.2) is 268 Å². The lowest BCUT2D eigenvalue weighted by atomic mass is 9.78. The second-order valence-corrected chi connectivity index (χ2v) is 30.6. The molecule has 4 aliphatic heterocycles. The van der Waals surface area contributed by atoms with E-state index in [-0.39, 0.29) is 102 Å². The Labute approximate surface area is 586 Å². The molecule has 558 valence electrons. The highest BCUT2D eigenvalue weighted by molar-refractivity contribution is 6.21. The summed E-state index contributed by atoms with van der Waals surface area (Å²) in [6.45, 7) is 10.3. The molecule has 3 saturated carbocycles. The lowest BCUT2D eigenvalue weighted by molar-refractivity contribution is -0.182. The Kier molecular flexibility index (Phi) is 27.9. The molecule has 3 N–H and O–H groups in total. The van der Waals surface area contributed by atoms with Crippen molar-refractivity contribution in [2.75, 3.05) is 75.0 Å². The molecule has 4 saturated heterocycles.